The lowest BCUT2D eigenvalue weighted by Crippen LogP contribution is -2.13. The fraction of sp³-hybridized carbons (Fsp3) is 0.0769. The second-order valence-electron chi connectivity index (χ2n) is 4.25. The second kappa shape index (κ2) is 5.63. The number of sulfonamides is 1. The summed E-state index contributed by atoms with van der Waals surface area (Å²) in [6.07, 6.45) is 0. The number of hydrogen-bond donors (Lipinski definition) is 2. The van der Waals surface area contributed by atoms with E-state index in [1.807, 2.05) is 6.92 Å². The Morgan fingerprint density at radius 2 is 1.90 bits per heavy atom. The number of rotatable bonds is 3. The molecule has 2 aromatic rings. The number of nitrogens with one attached hydrogen (secondary N) is 1. The molecule has 0 spiro atoms. The Labute approximate surface area is 131 Å². The van der Waals surface area contributed by atoms with E-state index in [4.69, 9.17) is 17.3 Å². The molecule has 0 amide bonds. The molecule has 106 valence electrons. The first kappa shape index (κ1) is 15.2. The highest BCUT2D eigenvalue weighted by Crippen LogP contribution is 2.27. The topological polar surface area (TPSA) is 72.2 Å². The average molecular weight is 376 g/mol. The fourth-order valence-corrected chi connectivity index (χ4v) is 3.32. The van der Waals surface area contributed by atoms with Crippen LogP contribution in [0, 0.1) is 6.92 Å². The zero-order chi connectivity index (χ0) is 14.9. The first-order valence-corrected chi connectivity index (χ1v) is 8.29. The third kappa shape index (κ3) is 3.26. The van der Waals surface area contributed by atoms with Gasteiger partial charge in [0.05, 0.1) is 9.92 Å². The number of nitrogens with two attached hydrogens (primary N) is 1. The minimum atomic E-state index is -3.66. The Morgan fingerprint density at radius 3 is 2.50 bits per heavy atom. The van der Waals surface area contributed by atoms with Crippen LogP contribution in [0.5, 0.6) is 0 Å². The summed E-state index contributed by atoms with van der Waals surface area (Å²) in [5.74, 6) is 0. The van der Waals surface area contributed by atoms with Crippen molar-refractivity contribution in [2.75, 3.05) is 10.5 Å². The summed E-state index contributed by atoms with van der Waals surface area (Å²) in [5, 5.41) is 0.451. The monoisotopic (exact) mass is 374 g/mol. The molecule has 0 atom stereocenters. The van der Waals surface area contributed by atoms with Crippen molar-refractivity contribution in [1.29, 1.82) is 0 Å². The van der Waals surface area contributed by atoms with Crippen LogP contribution in [0.2, 0.25) is 5.02 Å². The Bertz CT molecular complexity index is 763. The van der Waals surface area contributed by atoms with E-state index in [1.165, 1.54) is 18.2 Å². The SMILES string of the molecule is Cc1cc(NS(=O)(=O)c2ccc(Cl)c(Br)c2)ccc1N. The average Bonchev–Trinajstić information content (AvgIpc) is 2.37. The van der Waals surface area contributed by atoms with Gasteiger partial charge in [0.2, 0.25) is 0 Å². The van der Waals surface area contributed by atoms with Gasteiger partial charge in [-0.05, 0) is 64.8 Å². The molecular formula is C13H12BrClN2O2S. The van der Waals surface area contributed by atoms with E-state index in [0.29, 0.717) is 20.9 Å². The van der Waals surface area contributed by atoms with Crippen molar-refractivity contribution in [1.82, 2.24) is 0 Å². The summed E-state index contributed by atoms with van der Waals surface area (Å²) < 4.78 is 27.5. The Balaban J connectivity index is 2.35. The third-order valence-corrected chi connectivity index (χ3v) is 5.32. The molecule has 0 aliphatic carbocycles. The first-order valence-electron chi connectivity index (χ1n) is 5.63. The fourth-order valence-electron chi connectivity index (χ4n) is 1.60. The zero-order valence-electron chi connectivity index (χ0n) is 10.5. The summed E-state index contributed by atoms with van der Waals surface area (Å²) >= 11 is 9.06. The van der Waals surface area contributed by atoms with Crippen LogP contribution in [0.25, 0.3) is 0 Å². The maximum atomic E-state index is 12.3. The molecular weight excluding hydrogens is 364 g/mol. The molecule has 2 rings (SSSR count). The van der Waals surface area contributed by atoms with Crippen molar-refractivity contribution in [2.45, 2.75) is 11.8 Å². The molecule has 0 bridgehead atoms. The van der Waals surface area contributed by atoms with Gasteiger partial charge in [-0.25, -0.2) is 8.42 Å². The molecule has 0 saturated heterocycles. The molecule has 3 N–H and O–H groups in total. The maximum Gasteiger partial charge on any atom is 0.261 e. The Kier molecular flexibility index (Phi) is 4.27. The second-order valence-corrected chi connectivity index (χ2v) is 7.20. The van der Waals surface area contributed by atoms with Gasteiger partial charge in [-0.3, -0.25) is 4.72 Å². The van der Waals surface area contributed by atoms with E-state index in [9.17, 15) is 8.42 Å². The van der Waals surface area contributed by atoms with Gasteiger partial charge in [-0.1, -0.05) is 11.6 Å². The Hall–Kier alpha value is -1.24. The number of hydrogen-bond acceptors (Lipinski definition) is 3. The van der Waals surface area contributed by atoms with Crippen molar-refractivity contribution in [3.63, 3.8) is 0 Å². The van der Waals surface area contributed by atoms with E-state index in [2.05, 4.69) is 20.7 Å². The van der Waals surface area contributed by atoms with Gasteiger partial charge < -0.3 is 5.73 Å². The lowest BCUT2D eigenvalue weighted by molar-refractivity contribution is 0.601. The molecule has 0 aliphatic heterocycles. The highest BCUT2D eigenvalue weighted by molar-refractivity contribution is 9.10. The van der Waals surface area contributed by atoms with Crippen molar-refractivity contribution in [2.24, 2.45) is 0 Å². The highest BCUT2D eigenvalue weighted by Gasteiger charge is 2.15. The van der Waals surface area contributed by atoms with Crippen LogP contribution >= 0.6 is 27.5 Å². The van der Waals surface area contributed by atoms with Crippen LogP contribution in [0.15, 0.2) is 45.8 Å². The standard InChI is InChI=1S/C13H12BrClN2O2S/c1-8-6-9(2-5-13(8)16)17-20(18,19)10-3-4-12(15)11(14)7-10/h2-7,17H,16H2,1H3. The van der Waals surface area contributed by atoms with E-state index in [1.54, 1.807) is 18.2 Å². The first-order chi connectivity index (χ1) is 9.29. The molecule has 0 aliphatic rings. The maximum absolute atomic E-state index is 12.3. The van der Waals surface area contributed by atoms with Crippen LogP contribution in [-0.2, 0) is 10.0 Å². The van der Waals surface area contributed by atoms with Gasteiger partial charge in [0.25, 0.3) is 10.0 Å². The van der Waals surface area contributed by atoms with Crippen LogP contribution in [0.4, 0.5) is 11.4 Å². The van der Waals surface area contributed by atoms with E-state index < -0.39 is 10.0 Å². The third-order valence-electron chi connectivity index (χ3n) is 2.72. The Morgan fingerprint density at radius 1 is 1.20 bits per heavy atom. The molecule has 0 fully saturated rings. The lowest BCUT2D eigenvalue weighted by atomic mass is 10.2. The quantitative estimate of drug-likeness (QED) is 0.802. The summed E-state index contributed by atoms with van der Waals surface area (Å²) in [4.78, 5) is 0.128. The molecule has 20 heavy (non-hydrogen) atoms. The normalized spacial score (nSPS) is 11.3. The molecule has 0 aromatic heterocycles. The lowest BCUT2D eigenvalue weighted by Gasteiger charge is -2.10. The summed E-state index contributed by atoms with van der Waals surface area (Å²) in [7, 11) is -3.66. The molecule has 0 saturated carbocycles. The van der Waals surface area contributed by atoms with E-state index in [0.717, 1.165) is 5.56 Å². The van der Waals surface area contributed by atoms with Gasteiger partial charge in [0.15, 0.2) is 0 Å². The van der Waals surface area contributed by atoms with Gasteiger partial charge in [-0.15, -0.1) is 0 Å². The smallest absolute Gasteiger partial charge is 0.261 e. The van der Waals surface area contributed by atoms with Gasteiger partial charge in [-0.2, -0.15) is 0 Å². The molecule has 0 radical (unpaired) electrons. The largest absolute Gasteiger partial charge is 0.399 e. The predicted molar refractivity (Wildman–Crippen MR) is 85.6 cm³/mol. The van der Waals surface area contributed by atoms with E-state index >= 15 is 0 Å². The highest BCUT2D eigenvalue weighted by atomic mass is 79.9. The number of anilines is 2. The molecule has 7 heteroatoms. The van der Waals surface area contributed by atoms with Crippen LogP contribution < -0.4 is 10.5 Å². The number of aryl methyl sites for hydroxylation is 1. The van der Waals surface area contributed by atoms with Crippen molar-refractivity contribution in [3.8, 4) is 0 Å². The zero-order valence-corrected chi connectivity index (χ0v) is 13.7. The van der Waals surface area contributed by atoms with Gasteiger partial charge in [0, 0.05) is 15.8 Å². The summed E-state index contributed by atoms with van der Waals surface area (Å²) in [5.41, 5.74) is 7.58. The van der Waals surface area contributed by atoms with Crippen molar-refractivity contribution in [3.05, 3.63) is 51.5 Å². The number of nitrogen functional groups attached to an aromatic ring is 1. The predicted octanol–water partition coefficient (Wildman–Crippen LogP) is 3.79. The number of benzene rings is 2. The van der Waals surface area contributed by atoms with Crippen LogP contribution in [-0.4, -0.2) is 8.42 Å². The van der Waals surface area contributed by atoms with Gasteiger partial charge >= 0.3 is 0 Å². The van der Waals surface area contributed by atoms with Crippen molar-refractivity contribution < 1.29 is 8.42 Å². The summed E-state index contributed by atoms with van der Waals surface area (Å²) in [6, 6.07) is 9.37. The van der Waals surface area contributed by atoms with Crippen LogP contribution in [0.3, 0.4) is 0 Å². The van der Waals surface area contributed by atoms with Gasteiger partial charge in [0.1, 0.15) is 0 Å². The van der Waals surface area contributed by atoms with Crippen LogP contribution in [0.1, 0.15) is 5.56 Å². The number of halogens is 2. The van der Waals surface area contributed by atoms with Crippen molar-refractivity contribution >= 4 is 48.9 Å². The minimum absolute atomic E-state index is 0.128. The molecule has 4 nitrogen and oxygen atoms in total. The minimum Gasteiger partial charge on any atom is -0.399 e. The molecule has 0 unspecified atom stereocenters. The molecule has 0 heterocycles. The summed E-state index contributed by atoms with van der Waals surface area (Å²) in [6.45, 7) is 1.81. The van der Waals surface area contributed by atoms with E-state index in [-0.39, 0.29) is 4.90 Å². The molecule has 2 aromatic carbocycles.